The van der Waals surface area contributed by atoms with E-state index in [0.29, 0.717) is 19.4 Å². The smallest absolute Gasteiger partial charge is 0.305 e. The van der Waals surface area contributed by atoms with Crippen molar-refractivity contribution in [2.24, 2.45) is 0 Å². The molecule has 0 bridgehead atoms. The first-order valence-electron chi connectivity index (χ1n) is 7.04. The summed E-state index contributed by atoms with van der Waals surface area (Å²) < 4.78 is 10.1. The van der Waals surface area contributed by atoms with Crippen LogP contribution in [0.5, 0.6) is 5.75 Å². The zero-order valence-electron chi connectivity index (χ0n) is 12.0. The Hall–Kier alpha value is -1.51. The lowest BCUT2D eigenvalue weighted by molar-refractivity contribution is -0.140. The topological polar surface area (TPSA) is 35.5 Å². The van der Waals surface area contributed by atoms with E-state index >= 15 is 0 Å². The fourth-order valence-corrected chi connectivity index (χ4v) is 1.84. The molecule has 106 valence electrons. The predicted octanol–water partition coefficient (Wildman–Crippen LogP) is 3.75. The first-order chi connectivity index (χ1) is 9.26. The molecule has 0 saturated heterocycles. The largest absolute Gasteiger partial charge is 0.494 e. The highest BCUT2D eigenvalue weighted by Gasteiger charge is 2.00. The van der Waals surface area contributed by atoms with Crippen LogP contribution in [0.3, 0.4) is 0 Å². The molecular weight excluding hydrogens is 240 g/mol. The summed E-state index contributed by atoms with van der Waals surface area (Å²) in [7, 11) is 1.40. The van der Waals surface area contributed by atoms with Gasteiger partial charge in [-0.3, -0.25) is 4.79 Å². The van der Waals surface area contributed by atoms with Gasteiger partial charge in [0, 0.05) is 6.42 Å². The van der Waals surface area contributed by atoms with E-state index < -0.39 is 0 Å². The lowest BCUT2D eigenvalue weighted by Gasteiger charge is -2.07. The molecule has 0 unspecified atom stereocenters. The second-order valence-corrected chi connectivity index (χ2v) is 4.63. The highest BCUT2D eigenvalue weighted by atomic mass is 16.5. The van der Waals surface area contributed by atoms with Crippen molar-refractivity contribution in [3.8, 4) is 5.75 Å². The van der Waals surface area contributed by atoms with Crippen LogP contribution in [0.2, 0.25) is 0 Å². The number of methoxy groups -OCH3 is 1. The van der Waals surface area contributed by atoms with Crippen LogP contribution >= 0.6 is 0 Å². The van der Waals surface area contributed by atoms with E-state index in [1.165, 1.54) is 31.9 Å². The third-order valence-corrected chi connectivity index (χ3v) is 3.01. The average Bonchev–Trinajstić information content (AvgIpc) is 2.45. The standard InChI is InChI=1S/C16H24O3/c1-3-4-5-7-14-9-11-15(12-10-14)19-13-6-8-16(17)18-2/h9-12H,3-8,13H2,1-2H3. The first kappa shape index (κ1) is 15.5. The van der Waals surface area contributed by atoms with Gasteiger partial charge < -0.3 is 9.47 Å². The number of hydrogen-bond acceptors (Lipinski definition) is 3. The lowest BCUT2D eigenvalue weighted by atomic mass is 10.1. The summed E-state index contributed by atoms with van der Waals surface area (Å²) in [5.74, 6) is 0.680. The summed E-state index contributed by atoms with van der Waals surface area (Å²) >= 11 is 0. The van der Waals surface area contributed by atoms with Crippen LogP contribution in [-0.2, 0) is 16.0 Å². The zero-order chi connectivity index (χ0) is 13.9. The molecule has 0 aliphatic rings. The molecule has 0 heterocycles. The minimum absolute atomic E-state index is 0.185. The predicted molar refractivity (Wildman–Crippen MR) is 76.4 cm³/mol. The van der Waals surface area contributed by atoms with Gasteiger partial charge in [0.25, 0.3) is 0 Å². The molecule has 0 spiro atoms. The first-order valence-corrected chi connectivity index (χ1v) is 7.04. The third-order valence-electron chi connectivity index (χ3n) is 3.01. The van der Waals surface area contributed by atoms with Gasteiger partial charge in [-0.2, -0.15) is 0 Å². The van der Waals surface area contributed by atoms with Crippen molar-refractivity contribution in [3.63, 3.8) is 0 Å². The van der Waals surface area contributed by atoms with E-state index in [0.717, 1.165) is 12.2 Å². The van der Waals surface area contributed by atoms with E-state index in [4.69, 9.17) is 4.74 Å². The van der Waals surface area contributed by atoms with Gasteiger partial charge in [-0.15, -0.1) is 0 Å². The van der Waals surface area contributed by atoms with Crippen molar-refractivity contribution in [2.75, 3.05) is 13.7 Å². The molecule has 0 amide bonds. The highest BCUT2D eigenvalue weighted by Crippen LogP contribution is 2.14. The maximum absolute atomic E-state index is 10.9. The Morgan fingerprint density at radius 3 is 2.47 bits per heavy atom. The van der Waals surface area contributed by atoms with E-state index in [-0.39, 0.29) is 5.97 Å². The summed E-state index contributed by atoms with van der Waals surface area (Å²) in [4.78, 5) is 10.9. The molecule has 0 aromatic heterocycles. The normalized spacial score (nSPS) is 10.2. The van der Waals surface area contributed by atoms with E-state index in [1.54, 1.807) is 0 Å². The number of carbonyl (C=O) groups is 1. The Morgan fingerprint density at radius 1 is 1.11 bits per heavy atom. The van der Waals surface area contributed by atoms with Gasteiger partial charge in [0.1, 0.15) is 5.75 Å². The molecule has 0 aliphatic carbocycles. The summed E-state index contributed by atoms with van der Waals surface area (Å²) in [6.07, 6.45) is 6.01. The van der Waals surface area contributed by atoms with Crippen molar-refractivity contribution in [1.82, 2.24) is 0 Å². The monoisotopic (exact) mass is 264 g/mol. The Balaban J connectivity index is 2.22. The number of ether oxygens (including phenoxy) is 2. The molecule has 3 heteroatoms. The van der Waals surface area contributed by atoms with Crippen LogP contribution in [0.25, 0.3) is 0 Å². The molecule has 0 fully saturated rings. The van der Waals surface area contributed by atoms with Gasteiger partial charge in [0.05, 0.1) is 13.7 Å². The summed E-state index contributed by atoms with van der Waals surface area (Å²) in [5.41, 5.74) is 1.36. The number of hydrogen-bond donors (Lipinski definition) is 0. The molecule has 19 heavy (non-hydrogen) atoms. The van der Waals surface area contributed by atoms with Crippen LogP contribution in [0.4, 0.5) is 0 Å². The molecule has 1 aromatic rings. The fraction of sp³-hybridized carbons (Fsp3) is 0.562. The van der Waals surface area contributed by atoms with Crippen molar-refractivity contribution < 1.29 is 14.3 Å². The number of esters is 1. The van der Waals surface area contributed by atoms with Crippen LogP contribution in [0.1, 0.15) is 44.6 Å². The second-order valence-electron chi connectivity index (χ2n) is 4.63. The maximum Gasteiger partial charge on any atom is 0.305 e. The molecule has 3 nitrogen and oxygen atoms in total. The summed E-state index contributed by atoms with van der Waals surface area (Å²) in [6, 6.07) is 8.23. The number of carbonyl (C=O) groups excluding carboxylic acids is 1. The lowest BCUT2D eigenvalue weighted by Crippen LogP contribution is -2.04. The Morgan fingerprint density at radius 2 is 1.84 bits per heavy atom. The molecule has 0 radical (unpaired) electrons. The maximum atomic E-state index is 10.9. The fourth-order valence-electron chi connectivity index (χ4n) is 1.84. The minimum atomic E-state index is -0.185. The zero-order valence-corrected chi connectivity index (χ0v) is 12.0. The summed E-state index contributed by atoms with van der Waals surface area (Å²) in [5, 5.41) is 0. The molecular formula is C16H24O3. The van der Waals surface area contributed by atoms with Crippen LogP contribution in [0, 0.1) is 0 Å². The minimum Gasteiger partial charge on any atom is -0.494 e. The summed E-state index contributed by atoms with van der Waals surface area (Å²) in [6.45, 7) is 2.76. The molecule has 0 aliphatic heterocycles. The Kier molecular flexibility index (Phi) is 7.71. The molecule has 1 rings (SSSR count). The molecule has 0 saturated carbocycles. The van der Waals surface area contributed by atoms with Crippen molar-refractivity contribution in [1.29, 1.82) is 0 Å². The number of unbranched alkanes of at least 4 members (excludes halogenated alkanes) is 2. The number of benzene rings is 1. The van der Waals surface area contributed by atoms with Gasteiger partial charge in [0.2, 0.25) is 0 Å². The third kappa shape index (κ3) is 6.85. The van der Waals surface area contributed by atoms with E-state index in [1.807, 2.05) is 12.1 Å². The highest BCUT2D eigenvalue weighted by molar-refractivity contribution is 5.69. The van der Waals surface area contributed by atoms with E-state index in [9.17, 15) is 4.79 Å². The van der Waals surface area contributed by atoms with Gasteiger partial charge in [-0.1, -0.05) is 31.9 Å². The average molecular weight is 264 g/mol. The molecule has 0 atom stereocenters. The molecule has 0 N–H and O–H groups in total. The van der Waals surface area contributed by atoms with Crippen LogP contribution < -0.4 is 4.74 Å². The van der Waals surface area contributed by atoms with E-state index in [2.05, 4.69) is 23.8 Å². The Bertz CT molecular complexity index is 357. The van der Waals surface area contributed by atoms with Gasteiger partial charge in [0.15, 0.2) is 0 Å². The quantitative estimate of drug-likeness (QED) is 0.503. The second kappa shape index (κ2) is 9.42. The van der Waals surface area contributed by atoms with Gasteiger partial charge in [-0.25, -0.2) is 0 Å². The molecule has 1 aromatic carbocycles. The number of aryl methyl sites for hydroxylation is 1. The number of rotatable bonds is 9. The SMILES string of the molecule is CCCCCc1ccc(OCCCC(=O)OC)cc1. The van der Waals surface area contributed by atoms with Crippen molar-refractivity contribution in [2.45, 2.75) is 45.4 Å². The van der Waals surface area contributed by atoms with Gasteiger partial charge >= 0.3 is 5.97 Å². The Labute approximate surface area is 115 Å². The van der Waals surface area contributed by atoms with Crippen molar-refractivity contribution in [3.05, 3.63) is 29.8 Å². The van der Waals surface area contributed by atoms with Crippen molar-refractivity contribution >= 4 is 5.97 Å². The van der Waals surface area contributed by atoms with Gasteiger partial charge in [-0.05, 0) is 37.0 Å². The van der Waals surface area contributed by atoms with Crippen LogP contribution in [0.15, 0.2) is 24.3 Å². The van der Waals surface area contributed by atoms with Crippen LogP contribution in [-0.4, -0.2) is 19.7 Å².